The Morgan fingerprint density at radius 3 is 2.50 bits per heavy atom. The van der Waals surface area contributed by atoms with Gasteiger partial charge >= 0.3 is 5.97 Å². The van der Waals surface area contributed by atoms with E-state index in [1.54, 1.807) is 6.08 Å². The van der Waals surface area contributed by atoms with Crippen LogP contribution in [0.4, 0.5) is 0 Å². The fraction of sp³-hybridized carbons (Fsp3) is 0.357. The number of carbonyl (C=O) groups excluding carboxylic acids is 1. The molecule has 0 fully saturated rings. The number of carbonyl (C=O) groups is 1. The maximum Gasteiger partial charge on any atom is 0.330 e. The van der Waals surface area contributed by atoms with Crippen molar-refractivity contribution in [3.8, 4) is 0 Å². The third-order valence-electron chi connectivity index (χ3n) is 2.05. The van der Waals surface area contributed by atoms with Crippen LogP contribution in [0.2, 0.25) is 0 Å². The average Bonchev–Trinajstić information content (AvgIpc) is 2.25. The molecule has 0 N–H and O–H groups in total. The largest absolute Gasteiger partial charge is 0.462 e. The van der Waals surface area contributed by atoms with Gasteiger partial charge in [-0.05, 0) is 24.5 Å². The van der Waals surface area contributed by atoms with E-state index in [4.69, 9.17) is 4.74 Å². The minimum absolute atomic E-state index is 0.283. The van der Waals surface area contributed by atoms with Crippen LogP contribution in [0.15, 0.2) is 30.3 Å². The van der Waals surface area contributed by atoms with Crippen molar-refractivity contribution < 1.29 is 9.53 Å². The van der Waals surface area contributed by atoms with Gasteiger partial charge in [-0.25, -0.2) is 4.79 Å². The van der Waals surface area contributed by atoms with Crippen LogP contribution in [0.3, 0.4) is 0 Å². The van der Waals surface area contributed by atoms with E-state index < -0.39 is 0 Å². The van der Waals surface area contributed by atoms with E-state index in [0.29, 0.717) is 12.5 Å². The van der Waals surface area contributed by atoms with Gasteiger partial charge in [-0.1, -0.05) is 43.7 Å². The first-order chi connectivity index (χ1) is 7.58. The van der Waals surface area contributed by atoms with Gasteiger partial charge in [0, 0.05) is 6.08 Å². The molecule has 0 atom stereocenters. The molecule has 1 aromatic carbocycles. The SMILES string of the molecule is Cc1ccc(C=CC(=O)OCC(C)C)cc1. The van der Waals surface area contributed by atoms with Gasteiger partial charge < -0.3 is 4.74 Å². The van der Waals surface area contributed by atoms with Crippen molar-refractivity contribution >= 4 is 12.0 Å². The second-order valence-electron chi connectivity index (χ2n) is 4.27. The molecular formula is C14H18O2. The first-order valence-corrected chi connectivity index (χ1v) is 5.49. The molecule has 0 saturated heterocycles. The fourth-order valence-corrected chi connectivity index (χ4v) is 1.14. The maximum atomic E-state index is 11.3. The van der Waals surface area contributed by atoms with E-state index >= 15 is 0 Å². The van der Waals surface area contributed by atoms with Crippen molar-refractivity contribution in [1.82, 2.24) is 0 Å². The van der Waals surface area contributed by atoms with E-state index in [-0.39, 0.29) is 5.97 Å². The standard InChI is InChI=1S/C14H18O2/c1-11(2)10-16-14(15)9-8-13-6-4-12(3)5-7-13/h4-9,11H,10H2,1-3H3. The second-order valence-corrected chi connectivity index (χ2v) is 4.27. The number of hydrogen-bond donors (Lipinski definition) is 0. The van der Waals surface area contributed by atoms with Gasteiger partial charge in [-0.3, -0.25) is 0 Å². The van der Waals surface area contributed by atoms with E-state index in [0.717, 1.165) is 5.56 Å². The average molecular weight is 218 g/mol. The van der Waals surface area contributed by atoms with Crippen molar-refractivity contribution in [3.63, 3.8) is 0 Å². The Balaban J connectivity index is 2.47. The molecule has 0 aliphatic rings. The molecule has 86 valence electrons. The molecule has 1 rings (SSSR count). The van der Waals surface area contributed by atoms with Gasteiger partial charge in [0.05, 0.1) is 6.61 Å². The minimum Gasteiger partial charge on any atom is -0.462 e. The third-order valence-corrected chi connectivity index (χ3v) is 2.05. The van der Waals surface area contributed by atoms with Gasteiger partial charge in [-0.15, -0.1) is 0 Å². The molecule has 0 aliphatic heterocycles. The summed E-state index contributed by atoms with van der Waals surface area (Å²) in [4.78, 5) is 11.3. The zero-order chi connectivity index (χ0) is 12.0. The Morgan fingerprint density at radius 2 is 1.94 bits per heavy atom. The summed E-state index contributed by atoms with van der Waals surface area (Å²) in [6, 6.07) is 7.97. The molecule has 0 radical (unpaired) electrons. The van der Waals surface area contributed by atoms with Crippen molar-refractivity contribution in [1.29, 1.82) is 0 Å². The van der Waals surface area contributed by atoms with Crippen LogP contribution in [-0.2, 0) is 9.53 Å². The molecular weight excluding hydrogens is 200 g/mol. The van der Waals surface area contributed by atoms with Gasteiger partial charge in [0.1, 0.15) is 0 Å². The highest BCUT2D eigenvalue weighted by molar-refractivity contribution is 5.87. The highest BCUT2D eigenvalue weighted by Gasteiger charge is 1.99. The fourth-order valence-electron chi connectivity index (χ4n) is 1.14. The number of esters is 1. The number of aryl methyl sites for hydroxylation is 1. The molecule has 0 heterocycles. The summed E-state index contributed by atoms with van der Waals surface area (Å²) >= 11 is 0. The van der Waals surface area contributed by atoms with E-state index in [1.165, 1.54) is 11.6 Å². The third kappa shape index (κ3) is 4.78. The number of rotatable bonds is 4. The van der Waals surface area contributed by atoms with E-state index in [9.17, 15) is 4.79 Å². The lowest BCUT2D eigenvalue weighted by Crippen LogP contribution is -2.06. The Morgan fingerprint density at radius 1 is 1.31 bits per heavy atom. The lowest BCUT2D eigenvalue weighted by molar-refractivity contribution is -0.138. The summed E-state index contributed by atoms with van der Waals surface area (Å²) in [5.74, 6) is 0.0889. The van der Waals surface area contributed by atoms with Crippen molar-refractivity contribution in [2.45, 2.75) is 20.8 Å². The number of hydrogen-bond acceptors (Lipinski definition) is 2. The van der Waals surface area contributed by atoms with Gasteiger partial charge in [0.25, 0.3) is 0 Å². The van der Waals surface area contributed by atoms with Crippen LogP contribution in [-0.4, -0.2) is 12.6 Å². The van der Waals surface area contributed by atoms with Crippen LogP contribution in [0, 0.1) is 12.8 Å². The Labute approximate surface area is 96.9 Å². The molecule has 0 aromatic heterocycles. The summed E-state index contributed by atoms with van der Waals surface area (Å²) in [7, 11) is 0. The molecule has 0 unspecified atom stereocenters. The zero-order valence-electron chi connectivity index (χ0n) is 10.1. The second kappa shape index (κ2) is 6.11. The molecule has 0 bridgehead atoms. The molecule has 2 nitrogen and oxygen atoms in total. The van der Waals surface area contributed by atoms with Crippen LogP contribution in [0.25, 0.3) is 6.08 Å². The highest BCUT2D eigenvalue weighted by atomic mass is 16.5. The predicted octanol–water partition coefficient (Wildman–Crippen LogP) is 3.21. The number of ether oxygens (including phenoxy) is 1. The van der Waals surface area contributed by atoms with Crippen molar-refractivity contribution in [2.75, 3.05) is 6.61 Å². The normalized spacial score (nSPS) is 11.0. The molecule has 0 aliphatic carbocycles. The first-order valence-electron chi connectivity index (χ1n) is 5.49. The minimum atomic E-state index is -0.283. The summed E-state index contributed by atoms with van der Waals surface area (Å²) in [6.07, 6.45) is 3.23. The van der Waals surface area contributed by atoms with Gasteiger partial charge in [-0.2, -0.15) is 0 Å². The monoisotopic (exact) mass is 218 g/mol. The molecule has 0 amide bonds. The predicted molar refractivity (Wildman–Crippen MR) is 66.0 cm³/mol. The Kier molecular flexibility index (Phi) is 4.77. The first kappa shape index (κ1) is 12.5. The molecule has 16 heavy (non-hydrogen) atoms. The van der Waals surface area contributed by atoms with Gasteiger partial charge in [0.2, 0.25) is 0 Å². The summed E-state index contributed by atoms with van der Waals surface area (Å²) in [5, 5.41) is 0. The molecule has 0 saturated carbocycles. The van der Waals surface area contributed by atoms with Crippen LogP contribution < -0.4 is 0 Å². The van der Waals surface area contributed by atoms with Crippen LogP contribution in [0.1, 0.15) is 25.0 Å². The Hall–Kier alpha value is -1.57. The van der Waals surface area contributed by atoms with Crippen LogP contribution in [0.5, 0.6) is 0 Å². The smallest absolute Gasteiger partial charge is 0.330 e. The lowest BCUT2D eigenvalue weighted by Gasteiger charge is -2.03. The van der Waals surface area contributed by atoms with Gasteiger partial charge in [0.15, 0.2) is 0 Å². The summed E-state index contributed by atoms with van der Waals surface area (Å²) in [6.45, 7) is 6.52. The zero-order valence-corrected chi connectivity index (χ0v) is 10.1. The Bertz CT molecular complexity index is 361. The molecule has 2 heteroatoms. The van der Waals surface area contributed by atoms with Crippen molar-refractivity contribution in [2.24, 2.45) is 5.92 Å². The molecule has 0 spiro atoms. The van der Waals surface area contributed by atoms with E-state index in [2.05, 4.69) is 0 Å². The lowest BCUT2D eigenvalue weighted by atomic mass is 10.1. The maximum absolute atomic E-state index is 11.3. The summed E-state index contributed by atoms with van der Waals surface area (Å²) in [5.41, 5.74) is 2.21. The topological polar surface area (TPSA) is 26.3 Å². The highest BCUT2D eigenvalue weighted by Crippen LogP contribution is 2.05. The quantitative estimate of drug-likeness (QED) is 0.573. The summed E-state index contributed by atoms with van der Waals surface area (Å²) < 4.78 is 5.02. The van der Waals surface area contributed by atoms with E-state index in [1.807, 2.05) is 45.0 Å². The van der Waals surface area contributed by atoms with Crippen molar-refractivity contribution in [3.05, 3.63) is 41.5 Å². The van der Waals surface area contributed by atoms with Crippen LogP contribution >= 0.6 is 0 Å². The molecule has 1 aromatic rings. The number of benzene rings is 1.